The Morgan fingerprint density at radius 2 is 1.50 bits per heavy atom. The van der Waals surface area contributed by atoms with Gasteiger partial charge in [-0.15, -0.1) is 0 Å². The Balaban J connectivity index is 3.33. The summed E-state index contributed by atoms with van der Waals surface area (Å²) in [6.45, 7) is 7.67. The van der Waals surface area contributed by atoms with Crippen molar-refractivity contribution in [1.82, 2.24) is 0 Å². The van der Waals surface area contributed by atoms with Crippen LogP contribution in [-0.2, 0) is 0 Å². The van der Waals surface area contributed by atoms with E-state index in [0.717, 1.165) is 11.1 Å². The predicted molar refractivity (Wildman–Crippen MR) is 50.7 cm³/mol. The van der Waals surface area contributed by atoms with Gasteiger partial charge in [-0.3, -0.25) is 4.79 Å². The molecule has 1 aromatic rings. The first-order chi connectivity index (χ1) is 5.52. The number of Topliss-reactive ketones (excluding diaryl/α,β-unsaturated/α-hetero) is 1. The Hall–Kier alpha value is -1.11. The van der Waals surface area contributed by atoms with Crippen LogP contribution in [0.15, 0.2) is 12.1 Å². The second kappa shape index (κ2) is 3.10. The number of aryl methyl sites for hydroxylation is 3. The van der Waals surface area contributed by atoms with Gasteiger partial charge in [0.1, 0.15) is 0 Å². The highest BCUT2D eigenvalue weighted by atomic mass is 16.1. The molecule has 0 bridgehead atoms. The van der Waals surface area contributed by atoms with Gasteiger partial charge in [0.15, 0.2) is 5.78 Å². The molecule has 0 spiro atoms. The van der Waals surface area contributed by atoms with E-state index in [1.54, 1.807) is 6.92 Å². The maximum Gasteiger partial charge on any atom is 0.160 e. The van der Waals surface area contributed by atoms with Crippen LogP contribution in [0.1, 0.15) is 34.0 Å². The average Bonchev–Trinajstić information content (AvgIpc) is 1.96. The zero-order valence-electron chi connectivity index (χ0n) is 8.06. The van der Waals surface area contributed by atoms with Crippen molar-refractivity contribution in [2.75, 3.05) is 0 Å². The van der Waals surface area contributed by atoms with E-state index in [1.165, 1.54) is 11.1 Å². The molecule has 0 radical (unpaired) electrons. The smallest absolute Gasteiger partial charge is 0.160 e. The van der Waals surface area contributed by atoms with Crippen molar-refractivity contribution in [1.29, 1.82) is 0 Å². The van der Waals surface area contributed by atoms with Crippen molar-refractivity contribution in [3.05, 3.63) is 34.4 Å². The third kappa shape index (κ3) is 1.55. The number of hydrogen-bond donors (Lipinski definition) is 0. The molecule has 1 aromatic carbocycles. The third-order valence-electron chi connectivity index (χ3n) is 2.22. The summed E-state index contributed by atoms with van der Waals surface area (Å²) >= 11 is 0. The van der Waals surface area contributed by atoms with Crippen LogP contribution in [-0.4, -0.2) is 5.78 Å². The molecule has 12 heavy (non-hydrogen) atoms. The molecule has 0 heterocycles. The van der Waals surface area contributed by atoms with Gasteiger partial charge in [0.05, 0.1) is 0 Å². The first-order valence-corrected chi connectivity index (χ1v) is 4.11. The SMILES string of the molecule is CC(=O)c1cc(C)c(C)cc1C. The van der Waals surface area contributed by atoms with Crippen LogP contribution in [0.3, 0.4) is 0 Å². The number of carbonyl (C=O) groups is 1. The van der Waals surface area contributed by atoms with Gasteiger partial charge in [-0.25, -0.2) is 0 Å². The lowest BCUT2D eigenvalue weighted by molar-refractivity contribution is 0.101. The van der Waals surface area contributed by atoms with Crippen molar-refractivity contribution in [2.45, 2.75) is 27.7 Å². The van der Waals surface area contributed by atoms with Crippen molar-refractivity contribution in [3.63, 3.8) is 0 Å². The molecule has 1 rings (SSSR count). The summed E-state index contributed by atoms with van der Waals surface area (Å²) in [5, 5.41) is 0. The standard InChI is InChI=1S/C11H14O/c1-7-5-9(3)11(10(4)12)6-8(7)2/h5-6H,1-4H3. The van der Waals surface area contributed by atoms with E-state index in [4.69, 9.17) is 0 Å². The molecule has 0 saturated carbocycles. The van der Waals surface area contributed by atoms with Gasteiger partial charge in [-0.2, -0.15) is 0 Å². The number of hydrogen-bond acceptors (Lipinski definition) is 1. The van der Waals surface area contributed by atoms with Gasteiger partial charge in [-0.1, -0.05) is 6.07 Å². The van der Waals surface area contributed by atoms with Gasteiger partial charge < -0.3 is 0 Å². The molecule has 1 heteroatoms. The summed E-state index contributed by atoms with van der Waals surface area (Å²) in [5.41, 5.74) is 4.35. The molecule has 0 aliphatic heterocycles. The molecule has 1 nitrogen and oxygen atoms in total. The molecular weight excluding hydrogens is 148 g/mol. The maximum atomic E-state index is 11.1. The number of benzene rings is 1. The normalized spacial score (nSPS) is 10.0. The molecule has 0 aliphatic rings. The molecule has 0 aromatic heterocycles. The summed E-state index contributed by atoms with van der Waals surface area (Å²) < 4.78 is 0. The van der Waals surface area contributed by atoms with Crippen LogP contribution in [0.4, 0.5) is 0 Å². The summed E-state index contributed by atoms with van der Waals surface area (Å²) in [5.74, 6) is 0.149. The van der Waals surface area contributed by atoms with Gasteiger partial charge in [0.2, 0.25) is 0 Å². The second-order valence-corrected chi connectivity index (χ2v) is 3.31. The van der Waals surface area contributed by atoms with Gasteiger partial charge in [0.25, 0.3) is 0 Å². The van der Waals surface area contributed by atoms with Crippen molar-refractivity contribution >= 4 is 5.78 Å². The highest BCUT2D eigenvalue weighted by Crippen LogP contribution is 2.15. The maximum absolute atomic E-state index is 11.1. The molecular formula is C11H14O. The summed E-state index contributed by atoms with van der Waals surface area (Å²) in [4.78, 5) is 11.1. The van der Waals surface area contributed by atoms with E-state index < -0.39 is 0 Å². The van der Waals surface area contributed by atoms with Crippen LogP contribution in [0.5, 0.6) is 0 Å². The molecule has 0 amide bonds. The first kappa shape index (κ1) is 8.98. The molecule has 0 unspecified atom stereocenters. The largest absolute Gasteiger partial charge is 0.295 e. The van der Waals surface area contributed by atoms with Gasteiger partial charge in [-0.05, 0) is 50.5 Å². The number of rotatable bonds is 1. The Morgan fingerprint density at radius 1 is 1.00 bits per heavy atom. The van der Waals surface area contributed by atoms with Gasteiger partial charge >= 0.3 is 0 Å². The monoisotopic (exact) mass is 162 g/mol. The quantitative estimate of drug-likeness (QED) is 0.580. The number of carbonyl (C=O) groups excluding carboxylic acids is 1. The zero-order valence-corrected chi connectivity index (χ0v) is 8.06. The fourth-order valence-electron chi connectivity index (χ4n) is 1.34. The summed E-state index contributed by atoms with van der Waals surface area (Å²) in [6, 6.07) is 4.03. The highest BCUT2D eigenvalue weighted by Gasteiger charge is 2.04. The molecule has 0 saturated heterocycles. The lowest BCUT2D eigenvalue weighted by Crippen LogP contribution is -1.97. The lowest BCUT2D eigenvalue weighted by Gasteiger charge is -2.06. The van der Waals surface area contributed by atoms with E-state index in [0.29, 0.717) is 0 Å². The van der Waals surface area contributed by atoms with Crippen LogP contribution >= 0.6 is 0 Å². The van der Waals surface area contributed by atoms with Crippen molar-refractivity contribution in [3.8, 4) is 0 Å². The topological polar surface area (TPSA) is 17.1 Å². The van der Waals surface area contributed by atoms with E-state index in [9.17, 15) is 4.79 Å². The zero-order chi connectivity index (χ0) is 9.30. The van der Waals surface area contributed by atoms with E-state index in [-0.39, 0.29) is 5.78 Å². The van der Waals surface area contributed by atoms with E-state index in [2.05, 4.69) is 13.0 Å². The van der Waals surface area contributed by atoms with Gasteiger partial charge in [0, 0.05) is 5.56 Å². The van der Waals surface area contributed by atoms with Crippen LogP contribution in [0.2, 0.25) is 0 Å². The molecule has 0 N–H and O–H groups in total. The minimum atomic E-state index is 0.149. The second-order valence-electron chi connectivity index (χ2n) is 3.31. The fourth-order valence-corrected chi connectivity index (χ4v) is 1.34. The van der Waals surface area contributed by atoms with Crippen molar-refractivity contribution in [2.24, 2.45) is 0 Å². The lowest BCUT2D eigenvalue weighted by atomic mass is 9.99. The summed E-state index contributed by atoms with van der Waals surface area (Å²) in [6.07, 6.45) is 0. The minimum Gasteiger partial charge on any atom is -0.295 e. The fraction of sp³-hybridized carbons (Fsp3) is 0.364. The Morgan fingerprint density at radius 3 is 2.00 bits per heavy atom. The Labute approximate surface area is 73.4 Å². The number of ketones is 1. The Kier molecular flexibility index (Phi) is 2.32. The predicted octanol–water partition coefficient (Wildman–Crippen LogP) is 2.81. The van der Waals surface area contributed by atoms with Crippen LogP contribution < -0.4 is 0 Å². The van der Waals surface area contributed by atoms with Crippen molar-refractivity contribution < 1.29 is 4.79 Å². The highest BCUT2D eigenvalue weighted by molar-refractivity contribution is 5.95. The molecule has 0 aliphatic carbocycles. The van der Waals surface area contributed by atoms with E-state index in [1.807, 2.05) is 19.9 Å². The molecule has 0 fully saturated rings. The van der Waals surface area contributed by atoms with E-state index >= 15 is 0 Å². The first-order valence-electron chi connectivity index (χ1n) is 4.11. The van der Waals surface area contributed by atoms with Crippen LogP contribution in [0, 0.1) is 20.8 Å². The third-order valence-corrected chi connectivity index (χ3v) is 2.22. The Bertz CT molecular complexity index is 324. The average molecular weight is 162 g/mol. The minimum absolute atomic E-state index is 0.149. The summed E-state index contributed by atoms with van der Waals surface area (Å²) in [7, 11) is 0. The molecule has 0 atom stereocenters. The van der Waals surface area contributed by atoms with Crippen LogP contribution in [0.25, 0.3) is 0 Å². The molecule has 64 valence electrons.